The molecular formula is C21H20N4O3S. The van der Waals surface area contributed by atoms with Crippen molar-refractivity contribution in [2.75, 3.05) is 19.6 Å². The second-order valence-electron chi connectivity index (χ2n) is 7.11. The number of nitrogens with one attached hydrogen (secondary N) is 1. The van der Waals surface area contributed by atoms with Gasteiger partial charge in [0.1, 0.15) is 4.90 Å². The van der Waals surface area contributed by atoms with E-state index in [0.29, 0.717) is 35.1 Å². The zero-order valence-corrected chi connectivity index (χ0v) is 16.7. The maximum Gasteiger partial charge on any atom is 0.253 e. The van der Waals surface area contributed by atoms with E-state index >= 15 is 0 Å². The van der Waals surface area contributed by atoms with E-state index in [0.717, 1.165) is 0 Å². The molecule has 1 unspecified atom stereocenters. The fourth-order valence-corrected chi connectivity index (χ4v) is 5.52. The highest BCUT2D eigenvalue weighted by molar-refractivity contribution is 7.89. The van der Waals surface area contributed by atoms with Gasteiger partial charge in [0.25, 0.3) is 5.91 Å². The van der Waals surface area contributed by atoms with E-state index in [1.165, 1.54) is 10.5 Å². The predicted octanol–water partition coefficient (Wildman–Crippen LogP) is 2.57. The summed E-state index contributed by atoms with van der Waals surface area (Å²) in [6.45, 7) is 2.66. The van der Waals surface area contributed by atoms with E-state index in [-0.39, 0.29) is 23.4 Å². The molecule has 1 N–H and O–H groups in total. The molecule has 1 atom stereocenters. The third-order valence-electron chi connectivity index (χ3n) is 5.23. The number of fused-ring (bicyclic) bond motifs is 1. The van der Waals surface area contributed by atoms with Crippen LogP contribution in [0.25, 0.3) is 10.9 Å². The van der Waals surface area contributed by atoms with Crippen LogP contribution < -0.4 is 0 Å². The van der Waals surface area contributed by atoms with Gasteiger partial charge >= 0.3 is 0 Å². The van der Waals surface area contributed by atoms with Crippen molar-refractivity contribution in [3.8, 4) is 6.07 Å². The highest BCUT2D eigenvalue weighted by Crippen LogP contribution is 2.29. The number of amides is 1. The Labute approximate surface area is 169 Å². The Morgan fingerprint density at radius 3 is 2.62 bits per heavy atom. The molecule has 7 nitrogen and oxygen atoms in total. The van der Waals surface area contributed by atoms with Crippen LogP contribution in [0, 0.1) is 11.3 Å². The molecule has 3 aromatic rings. The van der Waals surface area contributed by atoms with E-state index in [1.54, 1.807) is 42.2 Å². The molecule has 29 heavy (non-hydrogen) atoms. The highest BCUT2D eigenvalue weighted by atomic mass is 32.2. The van der Waals surface area contributed by atoms with Gasteiger partial charge in [-0.15, -0.1) is 0 Å². The van der Waals surface area contributed by atoms with Gasteiger partial charge in [0, 0.05) is 48.3 Å². The Balaban J connectivity index is 1.60. The topological polar surface area (TPSA) is 97.3 Å². The van der Waals surface area contributed by atoms with Gasteiger partial charge in [-0.05, 0) is 37.3 Å². The van der Waals surface area contributed by atoms with E-state index in [9.17, 15) is 13.2 Å². The minimum absolute atomic E-state index is 0.0970. The average Bonchev–Trinajstić information content (AvgIpc) is 3.17. The smallest absolute Gasteiger partial charge is 0.253 e. The molecule has 8 heteroatoms. The number of nitriles is 1. The number of piperazine rings is 1. The zero-order chi connectivity index (χ0) is 20.6. The Kier molecular flexibility index (Phi) is 4.86. The van der Waals surface area contributed by atoms with Crippen molar-refractivity contribution in [1.29, 1.82) is 5.26 Å². The summed E-state index contributed by atoms with van der Waals surface area (Å²) in [5.41, 5.74) is 1.66. The van der Waals surface area contributed by atoms with Crippen LogP contribution in [0.5, 0.6) is 0 Å². The third-order valence-corrected chi connectivity index (χ3v) is 7.29. The van der Waals surface area contributed by atoms with Crippen molar-refractivity contribution < 1.29 is 13.2 Å². The van der Waals surface area contributed by atoms with Gasteiger partial charge in [0.05, 0.1) is 11.6 Å². The molecule has 0 bridgehead atoms. The SMILES string of the molecule is CC1CN(C(=O)c2ccccc2)CCN1S(=O)(=O)c1c[nH]c2ccc(C#N)cc12. The second-order valence-corrected chi connectivity index (χ2v) is 8.97. The number of carbonyl (C=O) groups is 1. The summed E-state index contributed by atoms with van der Waals surface area (Å²) in [6, 6.07) is 15.6. The third kappa shape index (κ3) is 3.39. The van der Waals surface area contributed by atoms with Crippen LogP contribution >= 0.6 is 0 Å². The van der Waals surface area contributed by atoms with Crippen LogP contribution in [-0.4, -0.2) is 54.2 Å². The van der Waals surface area contributed by atoms with Gasteiger partial charge < -0.3 is 9.88 Å². The zero-order valence-electron chi connectivity index (χ0n) is 15.9. The number of carbonyl (C=O) groups excluding carboxylic acids is 1. The van der Waals surface area contributed by atoms with Gasteiger partial charge in [-0.1, -0.05) is 18.2 Å². The quantitative estimate of drug-likeness (QED) is 0.720. The van der Waals surface area contributed by atoms with E-state index in [2.05, 4.69) is 4.98 Å². The number of benzene rings is 2. The van der Waals surface area contributed by atoms with E-state index < -0.39 is 10.0 Å². The molecule has 1 amide bonds. The molecule has 2 aromatic carbocycles. The number of rotatable bonds is 3. The minimum atomic E-state index is -3.78. The molecule has 0 spiro atoms. The summed E-state index contributed by atoms with van der Waals surface area (Å²) in [6.07, 6.45) is 1.47. The molecule has 0 saturated carbocycles. The summed E-state index contributed by atoms with van der Waals surface area (Å²) in [4.78, 5) is 17.5. The number of H-pyrrole nitrogens is 1. The number of aromatic amines is 1. The largest absolute Gasteiger partial charge is 0.360 e. The van der Waals surface area contributed by atoms with Crippen molar-refractivity contribution in [2.45, 2.75) is 17.9 Å². The van der Waals surface area contributed by atoms with Crippen molar-refractivity contribution in [3.05, 3.63) is 65.9 Å². The Bertz CT molecular complexity index is 1210. The van der Waals surface area contributed by atoms with Crippen LogP contribution in [0.3, 0.4) is 0 Å². The first-order valence-electron chi connectivity index (χ1n) is 9.29. The molecule has 1 saturated heterocycles. The highest BCUT2D eigenvalue weighted by Gasteiger charge is 2.36. The average molecular weight is 408 g/mol. The monoisotopic (exact) mass is 408 g/mol. The number of hydrogen-bond donors (Lipinski definition) is 1. The Hall–Kier alpha value is -3.15. The molecular weight excluding hydrogens is 388 g/mol. The van der Waals surface area contributed by atoms with E-state index in [1.807, 2.05) is 24.3 Å². The molecule has 0 aliphatic carbocycles. The summed E-state index contributed by atoms with van der Waals surface area (Å²) >= 11 is 0. The van der Waals surface area contributed by atoms with Gasteiger partial charge in [-0.2, -0.15) is 9.57 Å². The lowest BCUT2D eigenvalue weighted by molar-refractivity contribution is 0.0642. The molecule has 4 rings (SSSR count). The van der Waals surface area contributed by atoms with Crippen molar-refractivity contribution >= 4 is 26.8 Å². The minimum Gasteiger partial charge on any atom is -0.360 e. The number of aromatic nitrogens is 1. The summed E-state index contributed by atoms with van der Waals surface area (Å²) in [5.74, 6) is -0.0970. The standard InChI is InChI=1S/C21H20N4O3S/c1-15-14-24(21(26)17-5-3-2-4-6-17)9-10-25(15)29(27,28)20-13-23-19-8-7-16(12-22)11-18(19)20/h2-8,11,13,15,23H,9-10,14H2,1H3. The second kappa shape index (κ2) is 7.35. The van der Waals surface area contributed by atoms with Gasteiger partial charge in [0.2, 0.25) is 10.0 Å². The summed E-state index contributed by atoms with van der Waals surface area (Å²) < 4.78 is 28.1. The van der Waals surface area contributed by atoms with Crippen LogP contribution in [0.2, 0.25) is 0 Å². The number of hydrogen-bond acceptors (Lipinski definition) is 4. The van der Waals surface area contributed by atoms with Crippen molar-refractivity contribution in [1.82, 2.24) is 14.2 Å². The first kappa shape index (κ1) is 19.2. The fraction of sp³-hybridized carbons (Fsp3) is 0.238. The van der Waals surface area contributed by atoms with Crippen molar-refractivity contribution in [3.63, 3.8) is 0 Å². The summed E-state index contributed by atoms with van der Waals surface area (Å²) in [7, 11) is -3.78. The molecule has 1 aliphatic rings. The molecule has 0 radical (unpaired) electrons. The van der Waals surface area contributed by atoms with Crippen LogP contribution in [-0.2, 0) is 10.0 Å². The molecule has 1 fully saturated rings. The first-order chi connectivity index (χ1) is 13.9. The van der Waals surface area contributed by atoms with Crippen molar-refractivity contribution in [2.24, 2.45) is 0 Å². The molecule has 1 aliphatic heterocycles. The number of nitrogens with zero attached hydrogens (tertiary/aromatic N) is 3. The Morgan fingerprint density at radius 2 is 1.93 bits per heavy atom. The lowest BCUT2D eigenvalue weighted by Gasteiger charge is -2.38. The normalized spacial score (nSPS) is 17.9. The lowest BCUT2D eigenvalue weighted by atomic mass is 10.1. The van der Waals surface area contributed by atoms with Crippen LogP contribution in [0.15, 0.2) is 59.6 Å². The first-order valence-corrected chi connectivity index (χ1v) is 10.7. The maximum absolute atomic E-state index is 13.3. The summed E-state index contributed by atoms with van der Waals surface area (Å²) in [5, 5.41) is 9.64. The molecule has 2 heterocycles. The Morgan fingerprint density at radius 1 is 1.17 bits per heavy atom. The van der Waals surface area contributed by atoms with Gasteiger partial charge in [-0.25, -0.2) is 8.42 Å². The molecule has 148 valence electrons. The van der Waals surface area contributed by atoms with E-state index in [4.69, 9.17) is 5.26 Å². The van der Waals surface area contributed by atoms with Gasteiger partial charge in [0.15, 0.2) is 0 Å². The van der Waals surface area contributed by atoms with Crippen LogP contribution in [0.4, 0.5) is 0 Å². The van der Waals surface area contributed by atoms with Crippen LogP contribution in [0.1, 0.15) is 22.8 Å². The molecule has 1 aromatic heterocycles. The lowest BCUT2D eigenvalue weighted by Crippen LogP contribution is -2.55. The maximum atomic E-state index is 13.3. The number of sulfonamides is 1. The fourth-order valence-electron chi connectivity index (χ4n) is 3.75. The van der Waals surface area contributed by atoms with Gasteiger partial charge in [-0.3, -0.25) is 4.79 Å². The predicted molar refractivity (Wildman–Crippen MR) is 109 cm³/mol.